The van der Waals surface area contributed by atoms with Crippen molar-refractivity contribution >= 4 is 21.8 Å². The minimum Gasteiger partial charge on any atom is -0.339 e. The Morgan fingerprint density at radius 2 is 1.81 bits per heavy atom. The van der Waals surface area contributed by atoms with Gasteiger partial charge in [0.05, 0.1) is 11.1 Å². The van der Waals surface area contributed by atoms with Crippen molar-refractivity contribution in [2.45, 2.75) is 32.9 Å². The fourth-order valence-electron chi connectivity index (χ4n) is 2.43. The number of hydrogen-bond donors (Lipinski definition) is 0. The second-order valence-electron chi connectivity index (χ2n) is 6.14. The van der Waals surface area contributed by atoms with Gasteiger partial charge in [-0.15, -0.1) is 0 Å². The lowest BCUT2D eigenvalue weighted by atomic mass is 9.82. The van der Waals surface area contributed by atoms with E-state index in [9.17, 15) is 18.0 Å². The summed E-state index contributed by atoms with van der Waals surface area (Å²) in [6, 6.07) is 3.51. The average Bonchev–Trinajstić information content (AvgIpc) is 2.36. The van der Waals surface area contributed by atoms with Gasteiger partial charge in [-0.3, -0.25) is 4.79 Å². The van der Waals surface area contributed by atoms with Gasteiger partial charge < -0.3 is 4.90 Å². The lowest BCUT2D eigenvalue weighted by Gasteiger charge is -2.37. The summed E-state index contributed by atoms with van der Waals surface area (Å²) in [5, 5.41) is 0. The highest BCUT2D eigenvalue weighted by Crippen LogP contribution is 2.35. The van der Waals surface area contributed by atoms with Crippen LogP contribution in [0, 0.1) is 5.41 Å². The molecule has 1 aromatic rings. The van der Waals surface area contributed by atoms with Crippen LogP contribution in [-0.4, -0.2) is 23.9 Å². The first-order valence-corrected chi connectivity index (χ1v) is 7.55. The summed E-state index contributed by atoms with van der Waals surface area (Å²) in [6.07, 6.45) is -2.93. The number of nitrogens with zero attached hydrogens (tertiary/aromatic N) is 1. The molecule has 0 atom stereocenters. The molecule has 2 nitrogen and oxygen atoms in total. The third kappa shape index (κ3) is 3.78. The van der Waals surface area contributed by atoms with Crippen molar-refractivity contribution in [3.05, 3.63) is 33.8 Å². The molecular formula is C15H17BrF3NO. The standard InChI is InChI=1S/C15H17BrF3NO/c1-14(2)5-7-20(8-6-14)13(21)11-9-10(16)3-4-12(11)15(17,18)19/h3-4,9H,5-8H2,1-2H3. The smallest absolute Gasteiger partial charge is 0.339 e. The van der Waals surface area contributed by atoms with Gasteiger partial charge in [0.1, 0.15) is 0 Å². The molecule has 1 aromatic carbocycles. The molecule has 6 heteroatoms. The summed E-state index contributed by atoms with van der Waals surface area (Å²) in [4.78, 5) is 14.0. The summed E-state index contributed by atoms with van der Waals surface area (Å²) in [5.74, 6) is -0.542. The van der Waals surface area contributed by atoms with Gasteiger partial charge in [-0.05, 0) is 36.5 Å². The Labute approximate surface area is 130 Å². The summed E-state index contributed by atoms with van der Waals surface area (Å²) in [5.41, 5.74) is -1.02. The molecule has 1 heterocycles. The van der Waals surface area contributed by atoms with Crippen LogP contribution >= 0.6 is 15.9 Å². The topological polar surface area (TPSA) is 20.3 Å². The van der Waals surface area contributed by atoms with Crippen molar-refractivity contribution in [2.75, 3.05) is 13.1 Å². The Morgan fingerprint density at radius 3 is 2.33 bits per heavy atom. The minimum atomic E-state index is -4.53. The summed E-state index contributed by atoms with van der Waals surface area (Å²) < 4.78 is 39.6. The molecule has 0 radical (unpaired) electrons. The van der Waals surface area contributed by atoms with E-state index in [1.807, 2.05) is 0 Å². The zero-order valence-electron chi connectivity index (χ0n) is 11.9. The molecule has 1 fully saturated rings. The molecule has 0 aromatic heterocycles. The maximum absolute atomic E-state index is 13.0. The van der Waals surface area contributed by atoms with E-state index in [2.05, 4.69) is 29.8 Å². The molecule has 0 spiro atoms. The number of hydrogen-bond acceptors (Lipinski definition) is 1. The van der Waals surface area contributed by atoms with Gasteiger partial charge in [0.25, 0.3) is 5.91 Å². The molecule has 0 bridgehead atoms. The van der Waals surface area contributed by atoms with Gasteiger partial charge in [0, 0.05) is 17.6 Å². The summed E-state index contributed by atoms with van der Waals surface area (Å²) in [7, 11) is 0. The van der Waals surface area contributed by atoms with E-state index in [0.29, 0.717) is 17.6 Å². The van der Waals surface area contributed by atoms with E-state index in [0.717, 1.165) is 18.9 Å². The predicted octanol–water partition coefficient (Wildman–Crippen LogP) is 4.73. The monoisotopic (exact) mass is 363 g/mol. The first kappa shape index (κ1) is 16.3. The number of likely N-dealkylation sites (tertiary alicyclic amines) is 1. The Morgan fingerprint density at radius 1 is 1.24 bits per heavy atom. The van der Waals surface area contributed by atoms with Gasteiger partial charge in [-0.2, -0.15) is 13.2 Å². The number of amides is 1. The number of halogens is 4. The summed E-state index contributed by atoms with van der Waals surface area (Å²) >= 11 is 3.14. The maximum Gasteiger partial charge on any atom is 0.417 e. The molecule has 21 heavy (non-hydrogen) atoms. The van der Waals surface area contributed by atoms with Crippen molar-refractivity contribution in [2.24, 2.45) is 5.41 Å². The van der Waals surface area contributed by atoms with E-state index in [1.54, 1.807) is 0 Å². The van der Waals surface area contributed by atoms with Gasteiger partial charge in [-0.25, -0.2) is 0 Å². The molecule has 0 saturated carbocycles. The van der Waals surface area contributed by atoms with E-state index < -0.39 is 17.6 Å². The SMILES string of the molecule is CC1(C)CCN(C(=O)c2cc(Br)ccc2C(F)(F)F)CC1. The fourth-order valence-corrected chi connectivity index (χ4v) is 2.79. The number of benzene rings is 1. The first-order valence-electron chi connectivity index (χ1n) is 6.76. The van der Waals surface area contributed by atoms with Crippen molar-refractivity contribution in [1.29, 1.82) is 0 Å². The van der Waals surface area contributed by atoms with Gasteiger partial charge in [-0.1, -0.05) is 29.8 Å². The van der Waals surface area contributed by atoms with Gasteiger partial charge in [0.2, 0.25) is 0 Å². The van der Waals surface area contributed by atoms with Gasteiger partial charge >= 0.3 is 6.18 Å². The molecule has 0 unspecified atom stereocenters. The Hall–Kier alpha value is -1.04. The Kier molecular flexibility index (Phi) is 4.38. The third-order valence-electron chi connectivity index (χ3n) is 3.92. The van der Waals surface area contributed by atoms with Crippen LogP contribution in [0.5, 0.6) is 0 Å². The van der Waals surface area contributed by atoms with Gasteiger partial charge in [0.15, 0.2) is 0 Å². The van der Waals surface area contributed by atoms with Crippen molar-refractivity contribution < 1.29 is 18.0 Å². The van der Waals surface area contributed by atoms with E-state index in [4.69, 9.17) is 0 Å². The molecule has 2 rings (SSSR count). The minimum absolute atomic E-state index is 0.140. The number of carbonyl (C=O) groups excluding carboxylic acids is 1. The second kappa shape index (κ2) is 5.63. The van der Waals surface area contributed by atoms with Crippen LogP contribution in [0.15, 0.2) is 22.7 Å². The van der Waals surface area contributed by atoms with Crippen LogP contribution in [-0.2, 0) is 6.18 Å². The van der Waals surface area contributed by atoms with Crippen LogP contribution in [0.2, 0.25) is 0 Å². The Bertz CT molecular complexity index is 544. The Balaban J connectivity index is 2.29. The molecule has 116 valence electrons. The van der Waals surface area contributed by atoms with Crippen LogP contribution < -0.4 is 0 Å². The molecule has 0 N–H and O–H groups in total. The van der Waals surface area contributed by atoms with Crippen LogP contribution in [0.4, 0.5) is 13.2 Å². The van der Waals surface area contributed by atoms with Crippen molar-refractivity contribution in [3.63, 3.8) is 0 Å². The van der Waals surface area contributed by atoms with E-state index in [1.165, 1.54) is 17.0 Å². The van der Waals surface area contributed by atoms with E-state index in [-0.39, 0.29) is 11.0 Å². The molecule has 1 amide bonds. The normalized spacial score (nSPS) is 18.7. The highest BCUT2D eigenvalue weighted by Gasteiger charge is 2.37. The quantitative estimate of drug-likeness (QED) is 0.706. The fraction of sp³-hybridized carbons (Fsp3) is 0.533. The second-order valence-corrected chi connectivity index (χ2v) is 7.06. The average molecular weight is 364 g/mol. The van der Waals surface area contributed by atoms with Crippen molar-refractivity contribution in [1.82, 2.24) is 4.90 Å². The number of carbonyl (C=O) groups is 1. The number of piperidine rings is 1. The lowest BCUT2D eigenvalue weighted by molar-refractivity contribution is -0.138. The molecule has 1 saturated heterocycles. The van der Waals surface area contributed by atoms with Crippen LogP contribution in [0.25, 0.3) is 0 Å². The maximum atomic E-state index is 13.0. The number of alkyl halides is 3. The highest BCUT2D eigenvalue weighted by atomic mass is 79.9. The largest absolute Gasteiger partial charge is 0.417 e. The van der Waals surface area contributed by atoms with Crippen LogP contribution in [0.3, 0.4) is 0 Å². The first-order chi connectivity index (χ1) is 9.60. The zero-order chi connectivity index (χ0) is 15.8. The molecule has 0 aliphatic carbocycles. The van der Waals surface area contributed by atoms with E-state index >= 15 is 0 Å². The van der Waals surface area contributed by atoms with Crippen LogP contribution in [0.1, 0.15) is 42.6 Å². The van der Waals surface area contributed by atoms with Crippen molar-refractivity contribution in [3.8, 4) is 0 Å². The molecular weight excluding hydrogens is 347 g/mol. The lowest BCUT2D eigenvalue weighted by Crippen LogP contribution is -2.41. The highest BCUT2D eigenvalue weighted by molar-refractivity contribution is 9.10. The summed E-state index contributed by atoms with van der Waals surface area (Å²) in [6.45, 7) is 5.20. The molecule has 1 aliphatic rings. The predicted molar refractivity (Wildman–Crippen MR) is 78.1 cm³/mol. The number of rotatable bonds is 1. The molecule has 1 aliphatic heterocycles. The third-order valence-corrected chi connectivity index (χ3v) is 4.41. The zero-order valence-corrected chi connectivity index (χ0v) is 13.5.